The number of fused-ring (bicyclic) bond motifs is 1. The van der Waals surface area contributed by atoms with Crippen LogP contribution in [0.15, 0.2) is 47.3 Å². The minimum atomic E-state index is -0.280. The summed E-state index contributed by atoms with van der Waals surface area (Å²) < 4.78 is 5.56. The molecule has 3 rings (SSSR count). The van der Waals surface area contributed by atoms with Gasteiger partial charge in [-0.15, -0.1) is 0 Å². The van der Waals surface area contributed by atoms with Gasteiger partial charge in [0.1, 0.15) is 11.6 Å². The molecule has 30 heavy (non-hydrogen) atoms. The Hall–Kier alpha value is -3.19. The van der Waals surface area contributed by atoms with Gasteiger partial charge in [-0.1, -0.05) is 18.5 Å². The fourth-order valence-electron chi connectivity index (χ4n) is 3.00. The first kappa shape index (κ1) is 21.5. The van der Waals surface area contributed by atoms with Crippen molar-refractivity contribution in [3.8, 4) is 5.75 Å². The first-order valence-electron chi connectivity index (χ1n) is 9.57. The fraction of sp³-hybridized carbons (Fsp3) is 0.273. The van der Waals surface area contributed by atoms with Crippen LogP contribution in [0.2, 0.25) is 5.02 Å². The maximum Gasteiger partial charge on any atom is 0.260 e. The topological polar surface area (TPSA) is 92.4 Å². The van der Waals surface area contributed by atoms with Crippen LogP contribution in [0.3, 0.4) is 0 Å². The molecular weight excluding hydrogens is 406 g/mol. The molecule has 0 radical (unpaired) electrons. The Bertz CT molecular complexity index is 1130. The highest BCUT2D eigenvalue weighted by Gasteiger charge is 2.16. The lowest BCUT2D eigenvalue weighted by molar-refractivity contribution is -0.134. The highest BCUT2D eigenvalue weighted by atomic mass is 35.5. The molecular formula is C22H22ClN3O4. The predicted molar refractivity (Wildman–Crippen MR) is 115 cm³/mol. The second kappa shape index (κ2) is 9.54. The van der Waals surface area contributed by atoms with Crippen LogP contribution in [0.25, 0.3) is 10.9 Å². The summed E-state index contributed by atoms with van der Waals surface area (Å²) in [7, 11) is 0. The van der Waals surface area contributed by atoms with Gasteiger partial charge in [0.25, 0.3) is 11.5 Å². The number of H-pyrrole nitrogens is 1. The number of aromatic nitrogens is 2. The summed E-state index contributed by atoms with van der Waals surface area (Å²) in [6, 6.07) is 11.5. The number of amides is 1. The van der Waals surface area contributed by atoms with Gasteiger partial charge in [-0.25, -0.2) is 4.98 Å². The van der Waals surface area contributed by atoms with E-state index in [0.29, 0.717) is 39.6 Å². The highest BCUT2D eigenvalue weighted by Crippen LogP contribution is 2.16. The Kier molecular flexibility index (Phi) is 6.84. The van der Waals surface area contributed by atoms with Gasteiger partial charge >= 0.3 is 0 Å². The van der Waals surface area contributed by atoms with E-state index in [1.54, 1.807) is 47.4 Å². The van der Waals surface area contributed by atoms with Crippen LogP contribution in [0, 0.1) is 0 Å². The summed E-state index contributed by atoms with van der Waals surface area (Å²) in [5.41, 5.74) is 0.775. The minimum absolute atomic E-state index is 0.0371. The molecule has 156 valence electrons. The van der Waals surface area contributed by atoms with Crippen molar-refractivity contribution >= 4 is 34.2 Å². The van der Waals surface area contributed by atoms with Crippen molar-refractivity contribution in [3.63, 3.8) is 0 Å². The molecule has 8 heteroatoms. The van der Waals surface area contributed by atoms with Gasteiger partial charge in [0.05, 0.1) is 17.4 Å². The molecule has 0 saturated heterocycles. The van der Waals surface area contributed by atoms with Gasteiger partial charge in [0, 0.05) is 17.1 Å². The normalized spacial score (nSPS) is 10.8. The highest BCUT2D eigenvalue weighted by molar-refractivity contribution is 6.31. The average Bonchev–Trinajstić information content (AvgIpc) is 2.71. The van der Waals surface area contributed by atoms with Crippen LogP contribution in [-0.4, -0.2) is 39.7 Å². The molecule has 0 aliphatic rings. The number of aromatic amines is 1. The van der Waals surface area contributed by atoms with E-state index >= 15 is 0 Å². The van der Waals surface area contributed by atoms with Gasteiger partial charge in [-0.3, -0.25) is 14.4 Å². The van der Waals surface area contributed by atoms with Crippen molar-refractivity contribution in [2.75, 3.05) is 13.2 Å². The molecule has 1 N–H and O–H groups in total. The molecule has 0 bridgehead atoms. The van der Waals surface area contributed by atoms with Crippen LogP contribution in [0.5, 0.6) is 5.75 Å². The van der Waals surface area contributed by atoms with Crippen molar-refractivity contribution in [2.45, 2.75) is 26.8 Å². The lowest BCUT2D eigenvalue weighted by atomic mass is 10.1. The first-order chi connectivity index (χ1) is 14.4. The van der Waals surface area contributed by atoms with Crippen LogP contribution in [0.1, 0.15) is 36.5 Å². The Morgan fingerprint density at radius 2 is 1.90 bits per heavy atom. The van der Waals surface area contributed by atoms with Crippen LogP contribution < -0.4 is 10.3 Å². The van der Waals surface area contributed by atoms with Crippen LogP contribution in [-0.2, 0) is 11.3 Å². The number of nitrogens with zero attached hydrogens (tertiary/aromatic N) is 2. The lowest BCUT2D eigenvalue weighted by Crippen LogP contribution is -2.36. The van der Waals surface area contributed by atoms with Crippen molar-refractivity contribution in [1.29, 1.82) is 0 Å². The van der Waals surface area contributed by atoms with Crippen LogP contribution in [0.4, 0.5) is 0 Å². The largest absolute Gasteiger partial charge is 0.484 e. The van der Waals surface area contributed by atoms with Crippen molar-refractivity contribution in [3.05, 3.63) is 69.2 Å². The Morgan fingerprint density at radius 1 is 1.17 bits per heavy atom. The second-order valence-corrected chi connectivity index (χ2v) is 7.30. The predicted octanol–water partition coefficient (Wildman–Crippen LogP) is 3.60. The molecule has 0 atom stereocenters. The number of ether oxygens (including phenoxy) is 1. The number of hydrogen-bond acceptors (Lipinski definition) is 5. The summed E-state index contributed by atoms with van der Waals surface area (Å²) >= 11 is 6.00. The zero-order valence-electron chi connectivity index (χ0n) is 16.8. The standard InChI is InChI=1S/C22H22ClN3O4/c1-3-10-26(21(28)13-30-17-7-4-15(5-8-17)14(2)27)12-20-24-19-11-16(23)6-9-18(19)22(29)25-20/h4-9,11H,3,10,12-13H2,1-2H3,(H,24,25,29). The third kappa shape index (κ3) is 5.24. The Labute approximate surface area is 178 Å². The molecule has 0 spiro atoms. The Balaban J connectivity index is 1.72. The molecule has 1 heterocycles. The number of benzene rings is 2. The smallest absolute Gasteiger partial charge is 0.260 e. The quantitative estimate of drug-likeness (QED) is 0.554. The van der Waals surface area contributed by atoms with Gasteiger partial charge in [-0.05, 0) is 55.8 Å². The zero-order valence-corrected chi connectivity index (χ0v) is 17.5. The summed E-state index contributed by atoms with van der Waals surface area (Å²) in [6.45, 7) is 3.92. The molecule has 7 nitrogen and oxygen atoms in total. The number of nitrogens with one attached hydrogen (secondary N) is 1. The molecule has 0 unspecified atom stereocenters. The summed E-state index contributed by atoms with van der Waals surface area (Å²) in [5.74, 6) is 0.602. The molecule has 0 aliphatic heterocycles. The van der Waals surface area contributed by atoms with Crippen LogP contribution >= 0.6 is 11.6 Å². The Morgan fingerprint density at radius 3 is 2.57 bits per heavy atom. The van der Waals surface area contributed by atoms with E-state index in [-0.39, 0.29) is 30.4 Å². The van der Waals surface area contributed by atoms with Crippen molar-refractivity contribution in [2.24, 2.45) is 0 Å². The van der Waals surface area contributed by atoms with Gasteiger partial charge in [-0.2, -0.15) is 0 Å². The van der Waals surface area contributed by atoms with E-state index in [9.17, 15) is 14.4 Å². The summed E-state index contributed by atoms with van der Waals surface area (Å²) in [6.07, 6.45) is 0.739. The number of hydrogen-bond donors (Lipinski definition) is 1. The molecule has 0 saturated carbocycles. The van der Waals surface area contributed by atoms with E-state index in [1.807, 2.05) is 6.92 Å². The SMILES string of the molecule is CCCN(Cc1nc2cc(Cl)ccc2c(=O)[nH]1)C(=O)COc1ccc(C(C)=O)cc1. The number of carbonyl (C=O) groups is 2. The van der Waals surface area contributed by atoms with E-state index in [0.717, 1.165) is 6.42 Å². The molecule has 3 aromatic rings. The third-order valence-corrected chi connectivity index (χ3v) is 4.76. The molecule has 1 aromatic heterocycles. The summed E-state index contributed by atoms with van der Waals surface area (Å²) in [5, 5.41) is 0.922. The van der Waals surface area contributed by atoms with E-state index in [4.69, 9.17) is 16.3 Å². The zero-order chi connectivity index (χ0) is 21.7. The lowest BCUT2D eigenvalue weighted by Gasteiger charge is -2.22. The molecule has 1 amide bonds. The summed E-state index contributed by atoms with van der Waals surface area (Å²) in [4.78, 5) is 45.1. The first-order valence-corrected chi connectivity index (χ1v) is 9.95. The maximum atomic E-state index is 12.7. The number of ketones is 1. The number of rotatable bonds is 8. The number of Topliss-reactive ketones (excluding diaryl/α,β-unsaturated/α-hetero) is 1. The molecule has 0 fully saturated rings. The third-order valence-electron chi connectivity index (χ3n) is 4.53. The number of carbonyl (C=O) groups excluding carboxylic acids is 2. The van der Waals surface area contributed by atoms with Gasteiger partial charge < -0.3 is 14.6 Å². The van der Waals surface area contributed by atoms with Crippen molar-refractivity contribution < 1.29 is 14.3 Å². The van der Waals surface area contributed by atoms with Gasteiger partial charge in [0.15, 0.2) is 12.4 Å². The number of halogens is 1. The van der Waals surface area contributed by atoms with E-state index in [2.05, 4.69) is 9.97 Å². The maximum absolute atomic E-state index is 12.7. The molecule has 0 aliphatic carbocycles. The van der Waals surface area contributed by atoms with Gasteiger partial charge in [0.2, 0.25) is 0 Å². The monoisotopic (exact) mass is 427 g/mol. The molecule has 2 aromatic carbocycles. The van der Waals surface area contributed by atoms with E-state index < -0.39 is 0 Å². The average molecular weight is 428 g/mol. The minimum Gasteiger partial charge on any atom is -0.484 e. The fourth-order valence-corrected chi connectivity index (χ4v) is 3.17. The van der Waals surface area contributed by atoms with Crippen molar-refractivity contribution in [1.82, 2.24) is 14.9 Å². The second-order valence-electron chi connectivity index (χ2n) is 6.86. The van der Waals surface area contributed by atoms with E-state index in [1.165, 1.54) is 6.92 Å².